The molecule has 0 radical (unpaired) electrons. The minimum absolute atomic E-state index is 0.0403. The van der Waals surface area contributed by atoms with Gasteiger partial charge < -0.3 is 14.6 Å². The monoisotopic (exact) mass is 570 g/mol. The van der Waals surface area contributed by atoms with E-state index < -0.39 is 5.82 Å². The third kappa shape index (κ3) is 5.00. The smallest absolute Gasteiger partial charge is 0.346 e. The molecular formula is C31H35FN8O2. The number of hydrogen-bond acceptors (Lipinski definition) is 7. The summed E-state index contributed by atoms with van der Waals surface area (Å²) >= 11 is 0. The summed E-state index contributed by atoms with van der Waals surface area (Å²) < 4.78 is 23.7. The van der Waals surface area contributed by atoms with Crippen molar-refractivity contribution in [2.75, 3.05) is 26.2 Å². The van der Waals surface area contributed by atoms with Crippen LogP contribution < -0.4 is 4.74 Å². The lowest BCUT2D eigenvalue weighted by Crippen LogP contribution is -2.52. The highest BCUT2D eigenvalue weighted by Gasteiger charge is 2.34. The van der Waals surface area contributed by atoms with Gasteiger partial charge in [-0.3, -0.25) is 4.90 Å². The maximum Gasteiger partial charge on any atom is 0.346 e. The molecule has 0 aliphatic carbocycles. The van der Waals surface area contributed by atoms with Crippen molar-refractivity contribution in [2.24, 2.45) is 5.92 Å². The van der Waals surface area contributed by atoms with Crippen molar-refractivity contribution in [1.82, 2.24) is 34.8 Å². The number of aromatic nitrogens is 5. The minimum Gasteiger partial charge on any atom is -0.489 e. The average Bonchev–Trinajstić information content (AvgIpc) is 3.61. The van der Waals surface area contributed by atoms with E-state index in [4.69, 9.17) is 4.74 Å². The second-order valence-corrected chi connectivity index (χ2v) is 11.9. The average molecular weight is 571 g/mol. The molecule has 4 aromatic rings. The van der Waals surface area contributed by atoms with Crippen LogP contribution in [0, 0.1) is 30.0 Å². The van der Waals surface area contributed by atoms with Gasteiger partial charge in [-0.25, -0.2) is 14.2 Å². The summed E-state index contributed by atoms with van der Waals surface area (Å²) in [7, 11) is 0. The first kappa shape index (κ1) is 27.8. The van der Waals surface area contributed by atoms with Crippen molar-refractivity contribution in [3.8, 4) is 22.9 Å². The van der Waals surface area contributed by atoms with Crippen molar-refractivity contribution < 1.29 is 13.9 Å². The molecule has 1 N–H and O–H groups in total. The summed E-state index contributed by atoms with van der Waals surface area (Å²) in [6.07, 6.45) is 5.15. The molecule has 0 bridgehead atoms. The number of nitrogens with zero attached hydrogens (tertiary/aromatic N) is 7. The van der Waals surface area contributed by atoms with Crippen molar-refractivity contribution in [1.29, 1.82) is 5.26 Å². The first-order valence-electron chi connectivity index (χ1n) is 14.5. The van der Waals surface area contributed by atoms with E-state index in [-0.39, 0.29) is 34.9 Å². The number of hydrogen-bond donors (Lipinski definition) is 1. The van der Waals surface area contributed by atoms with E-state index in [1.165, 1.54) is 4.68 Å². The maximum absolute atomic E-state index is 16.3. The molecular weight excluding hydrogens is 535 g/mol. The van der Waals surface area contributed by atoms with Gasteiger partial charge in [-0.2, -0.15) is 9.94 Å². The highest BCUT2D eigenvalue weighted by Crippen LogP contribution is 2.41. The van der Waals surface area contributed by atoms with Gasteiger partial charge in [0, 0.05) is 48.9 Å². The fourth-order valence-electron chi connectivity index (χ4n) is 6.17. The minimum atomic E-state index is -0.542. The van der Waals surface area contributed by atoms with E-state index >= 15 is 4.39 Å². The molecule has 0 saturated carbocycles. The Morgan fingerprint density at radius 3 is 2.88 bits per heavy atom. The van der Waals surface area contributed by atoms with Gasteiger partial charge in [0.1, 0.15) is 6.61 Å². The van der Waals surface area contributed by atoms with E-state index in [1.54, 1.807) is 18.6 Å². The molecule has 0 spiro atoms. The van der Waals surface area contributed by atoms with E-state index in [0.29, 0.717) is 55.3 Å². The van der Waals surface area contributed by atoms with Crippen molar-refractivity contribution in [3.63, 3.8) is 0 Å². The number of ether oxygens (including phenoxy) is 1. The molecule has 1 saturated heterocycles. The lowest BCUT2D eigenvalue weighted by molar-refractivity contribution is 0.0945. The third-order valence-electron chi connectivity index (χ3n) is 8.47. The summed E-state index contributed by atoms with van der Waals surface area (Å²) in [6.45, 7) is 10.6. The van der Waals surface area contributed by atoms with Crippen LogP contribution in [0.4, 0.5) is 9.18 Å². The number of fused-ring (bicyclic) bond motifs is 2. The van der Waals surface area contributed by atoms with Gasteiger partial charge in [0.2, 0.25) is 0 Å². The number of nitrogens with one attached hydrogen (secondary N) is 1. The number of rotatable bonds is 4. The van der Waals surface area contributed by atoms with Crippen LogP contribution in [0.5, 0.6) is 5.75 Å². The number of H-pyrrole nitrogens is 1. The zero-order valence-corrected chi connectivity index (χ0v) is 24.4. The Bertz CT molecular complexity index is 1690. The molecule has 11 heteroatoms. The van der Waals surface area contributed by atoms with Gasteiger partial charge in [0.15, 0.2) is 11.6 Å². The third-order valence-corrected chi connectivity index (χ3v) is 8.47. The van der Waals surface area contributed by atoms with Crippen LogP contribution in [0.2, 0.25) is 0 Å². The van der Waals surface area contributed by atoms with Crippen LogP contribution in [-0.2, 0) is 6.54 Å². The van der Waals surface area contributed by atoms with Crippen molar-refractivity contribution in [2.45, 2.75) is 59.0 Å². The summed E-state index contributed by atoms with van der Waals surface area (Å²) in [6, 6.07) is 7.54. The molecule has 1 fully saturated rings. The molecule has 42 heavy (non-hydrogen) atoms. The highest BCUT2D eigenvalue weighted by atomic mass is 19.1. The number of amides is 1. The topological polar surface area (TPSA) is 116 Å². The van der Waals surface area contributed by atoms with Crippen LogP contribution >= 0.6 is 0 Å². The number of nitriles is 1. The lowest BCUT2D eigenvalue weighted by atomic mass is 9.92. The molecule has 4 heterocycles. The van der Waals surface area contributed by atoms with Gasteiger partial charge in [0.05, 0.1) is 40.9 Å². The number of piperidine rings is 1. The van der Waals surface area contributed by atoms with Gasteiger partial charge in [-0.1, -0.05) is 32.1 Å². The predicted molar refractivity (Wildman–Crippen MR) is 156 cm³/mol. The predicted octanol–water partition coefficient (Wildman–Crippen LogP) is 5.23. The van der Waals surface area contributed by atoms with E-state index in [1.807, 2.05) is 37.8 Å². The van der Waals surface area contributed by atoms with E-state index in [2.05, 4.69) is 38.2 Å². The summed E-state index contributed by atoms with van der Waals surface area (Å²) in [5.74, 6) is 0.183. The summed E-state index contributed by atoms with van der Waals surface area (Å²) in [5, 5.41) is 18.4. The Labute approximate surface area is 244 Å². The molecule has 2 aliphatic heterocycles. The maximum atomic E-state index is 16.3. The zero-order valence-electron chi connectivity index (χ0n) is 24.4. The Morgan fingerprint density at radius 1 is 1.29 bits per heavy atom. The number of likely N-dealkylation sites (tertiary alicyclic amines) is 1. The number of carbonyl (C=O) groups is 1. The first-order chi connectivity index (χ1) is 20.2. The summed E-state index contributed by atoms with van der Waals surface area (Å²) in [4.78, 5) is 25.1. The normalized spacial score (nSPS) is 19.4. The quantitative estimate of drug-likeness (QED) is 0.357. The van der Waals surface area contributed by atoms with Crippen molar-refractivity contribution in [3.05, 3.63) is 58.9 Å². The number of benzene rings is 2. The van der Waals surface area contributed by atoms with Crippen LogP contribution in [0.3, 0.4) is 0 Å². The molecule has 2 aliphatic rings. The van der Waals surface area contributed by atoms with Crippen LogP contribution in [0.25, 0.3) is 22.2 Å². The van der Waals surface area contributed by atoms with Crippen LogP contribution in [0.15, 0.2) is 30.7 Å². The first-order valence-corrected chi connectivity index (χ1v) is 14.5. The van der Waals surface area contributed by atoms with Gasteiger partial charge >= 0.3 is 6.03 Å². The Morgan fingerprint density at radius 2 is 2.12 bits per heavy atom. The number of imidazole rings is 1. The van der Waals surface area contributed by atoms with E-state index in [0.717, 1.165) is 29.6 Å². The van der Waals surface area contributed by atoms with Crippen LogP contribution in [0.1, 0.15) is 61.9 Å². The van der Waals surface area contributed by atoms with Gasteiger partial charge in [-0.05, 0) is 49.3 Å². The van der Waals surface area contributed by atoms with Gasteiger partial charge in [-0.15, -0.1) is 5.10 Å². The molecule has 1 amide bonds. The number of halogens is 1. The molecule has 2 aromatic carbocycles. The van der Waals surface area contributed by atoms with Gasteiger partial charge in [0.25, 0.3) is 0 Å². The van der Waals surface area contributed by atoms with Crippen LogP contribution in [-0.4, -0.2) is 73.1 Å². The molecule has 2 atom stereocenters. The fraction of sp³-hybridized carbons (Fsp3) is 0.452. The lowest BCUT2D eigenvalue weighted by Gasteiger charge is -2.40. The molecule has 2 aromatic heterocycles. The number of carbonyl (C=O) groups excluding carboxylic acids is 1. The standard InChI is InChI=1S/C31H35FN8O2/c1-18(2)25-16-40(37-36-25)31(41)39-13-19(3)5-7-23(39)15-38-9-10-42-30-22(14-38)11-21(12-33)27(28(30)32)26-20(4)6-8-24-29(26)35-17-34-24/h6,8,11,16-19,23H,5,7,9-10,13-15H2,1-4H3,(H,34,35)/t19-,23?/m0/s1. The number of aryl methyl sites for hydroxylation is 1. The fourth-order valence-corrected chi connectivity index (χ4v) is 6.17. The SMILES string of the molecule is Cc1ccc2[nH]cnc2c1-c1c(C#N)cc2c(c1F)OCCN(CC1CC[C@H](C)CN1C(=O)n1cc(C(C)C)nn1)C2. The molecule has 10 nitrogen and oxygen atoms in total. The highest BCUT2D eigenvalue weighted by molar-refractivity contribution is 5.96. The summed E-state index contributed by atoms with van der Waals surface area (Å²) in [5.41, 5.74) is 4.66. The van der Waals surface area contributed by atoms with E-state index in [9.17, 15) is 10.1 Å². The second-order valence-electron chi connectivity index (χ2n) is 11.9. The zero-order chi connectivity index (χ0) is 29.5. The second kappa shape index (κ2) is 11.2. The van der Waals surface area contributed by atoms with Crippen molar-refractivity contribution >= 4 is 17.1 Å². The molecule has 6 rings (SSSR count). The molecule has 218 valence electrons. The Kier molecular flexibility index (Phi) is 7.41. The number of aromatic amines is 1. The Hall–Kier alpha value is -4.30. The molecule has 1 unspecified atom stereocenters. The Balaban J connectivity index is 1.29. The largest absolute Gasteiger partial charge is 0.489 e.